The van der Waals surface area contributed by atoms with E-state index < -0.39 is 16.1 Å². The second-order valence-corrected chi connectivity index (χ2v) is 14.8. The molecule has 2 aliphatic heterocycles. The molecule has 3 aromatic rings. The Morgan fingerprint density at radius 2 is 1.49 bits per heavy atom. The van der Waals surface area contributed by atoms with Crippen LogP contribution in [0.15, 0.2) is 88.4 Å². The van der Waals surface area contributed by atoms with Crippen LogP contribution in [0.5, 0.6) is 0 Å². The molecular weight excluding hydrogens is 606 g/mol. The second-order valence-electron chi connectivity index (χ2n) is 12.5. The molecule has 0 radical (unpaired) electrons. The van der Waals surface area contributed by atoms with Gasteiger partial charge in [-0.1, -0.05) is 35.9 Å². The third-order valence-corrected chi connectivity index (χ3v) is 11.3. The molecule has 1 aliphatic carbocycles. The van der Waals surface area contributed by atoms with Crippen LogP contribution in [0.1, 0.15) is 49.3 Å². The van der Waals surface area contributed by atoms with Gasteiger partial charge in [-0.15, -0.1) is 0 Å². The van der Waals surface area contributed by atoms with Gasteiger partial charge in [0, 0.05) is 57.1 Å². The van der Waals surface area contributed by atoms with E-state index in [0.717, 1.165) is 53.0 Å². The number of nitrogens with zero attached hydrogens (tertiary/aromatic N) is 5. The van der Waals surface area contributed by atoms with Gasteiger partial charge in [0.25, 0.3) is 5.91 Å². The fourth-order valence-electron chi connectivity index (χ4n) is 6.72. The third kappa shape index (κ3) is 6.13. The molecule has 45 heavy (non-hydrogen) atoms. The topological polar surface area (TPSA) is 76.5 Å². The lowest BCUT2D eigenvalue weighted by Crippen LogP contribution is -2.46. The molecule has 3 aliphatic rings. The summed E-state index contributed by atoms with van der Waals surface area (Å²) in [6.45, 7) is 0.283. The van der Waals surface area contributed by atoms with Crippen molar-refractivity contribution >= 4 is 50.7 Å². The number of amides is 1. The molecule has 0 N–H and O–H groups in total. The van der Waals surface area contributed by atoms with Crippen LogP contribution in [0.25, 0.3) is 6.08 Å². The van der Waals surface area contributed by atoms with E-state index in [1.54, 1.807) is 17.1 Å². The van der Waals surface area contributed by atoms with Crippen LogP contribution in [0, 0.1) is 5.92 Å². The fourth-order valence-corrected chi connectivity index (χ4v) is 8.50. The largest absolute Gasteiger partial charge is 0.378 e. The summed E-state index contributed by atoms with van der Waals surface area (Å²) in [5.74, 6) is -0.258. The summed E-state index contributed by atoms with van der Waals surface area (Å²) in [4.78, 5) is 18.8. The predicted octanol–water partition coefficient (Wildman–Crippen LogP) is 6.45. The molecule has 1 saturated heterocycles. The van der Waals surface area contributed by atoms with Gasteiger partial charge in [0.2, 0.25) is 10.0 Å². The Bertz CT molecular complexity index is 1720. The average molecular weight is 646 g/mol. The van der Waals surface area contributed by atoms with E-state index in [0.29, 0.717) is 17.9 Å². The molecule has 3 atom stereocenters. The highest BCUT2D eigenvalue weighted by Gasteiger charge is 2.48. The summed E-state index contributed by atoms with van der Waals surface area (Å²) < 4.78 is 28.9. The SMILES string of the molecule is CN(C)c1ccc(/C=C2\CCC[C@@H]3C2=NN(C(=O)[C@@H]2CCCN2S(=O)(=O)c2ccc(Cl)cc2)[C@H]3c2ccc(N(C)C)cc2)cc1. The van der Waals surface area contributed by atoms with Crippen molar-refractivity contribution in [3.63, 3.8) is 0 Å². The Morgan fingerprint density at radius 1 is 0.867 bits per heavy atom. The maximum Gasteiger partial charge on any atom is 0.261 e. The summed E-state index contributed by atoms with van der Waals surface area (Å²) >= 11 is 6.04. The van der Waals surface area contributed by atoms with Gasteiger partial charge in [-0.3, -0.25) is 4.79 Å². The van der Waals surface area contributed by atoms with Crippen LogP contribution in [0.4, 0.5) is 11.4 Å². The molecular formula is C35H40ClN5O3S. The number of carbonyl (C=O) groups is 1. The zero-order valence-corrected chi connectivity index (χ0v) is 27.8. The molecule has 0 bridgehead atoms. The number of allylic oxidation sites excluding steroid dienone is 1. The Labute approximate surface area is 271 Å². The van der Waals surface area contributed by atoms with Crippen LogP contribution in [0.3, 0.4) is 0 Å². The number of hydrogen-bond acceptors (Lipinski definition) is 6. The normalized spacial score (nSPS) is 22.8. The van der Waals surface area contributed by atoms with Crippen molar-refractivity contribution in [1.29, 1.82) is 0 Å². The standard InChI is InChI=1S/C35H40ClN5O3S/c1-38(2)28-16-10-24(11-17-28)23-26-7-5-8-31-33(26)37-41(34(31)25-12-18-29(19-13-25)39(3)4)35(42)32-9-6-22-40(32)45(43,44)30-20-14-27(36)15-21-30/h10-21,23,31-32,34H,5-9,22H2,1-4H3/b26-23+/t31-,32+,34+/m1/s1. The number of carbonyl (C=O) groups excluding carboxylic acids is 1. The molecule has 6 rings (SSSR count). The smallest absolute Gasteiger partial charge is 0.261 e. The minimum atomic E-state index is -3.91. The number of benzene rings is 3. The first-order chi connectivity index (χ1) is 21.5. The molecule has 2 heterocycles. The molecule has 2 fully saturated rings. The molecule has 1 amide bonds. The average Bonchev–Trinajstić information content (AvgIpc) is 3.68. The van der Waals surface area contributed by atoms with Gasteiger partial charge in [0.15, 0.2) is 0 Å². The number of hydrogen-bond donors (Lipinski definition) is 0. The first-order valence-corrected chi connectivity index (χ1v) is 17.3. The maximum absolute atomic E-state index is 14.5. The van der Waals surface area contributed by atoms with Gasteiger partial charge in [-0.25, -0.2) is 13.4 Å². The van der Waals surface area contributed by atoms with Gasteiger partial charge in [-0.2, -0.15) is 9.41 Å². The highest BCUT2D eigenvalue weighted by molar-refractivity contribution is 7.89. The predicted molar refractivity (Wildman–Crippen MR) is 182 cm³/mol. The number of anilines is 2. The molecule has 10 heteroatoms. The van der Waals surface area contributed by atoms with E-state index in [1.807, 2.05) is 33.1 Å². The lowest BCUT2D eigenvalue weighted by molar-refractivity contribution is -0.137. The van der Waals surface area contributed by atoms with Gasteiger partial charge < -0.3 is 9.80 Å². The van der Waals surface area contributed by atoms with E-state index in [1.165, 1.54) is 16.4 Å². The second kappa shape index (κ2) is 12.6. The van der Waals surface area contributed by atoms with E-state index >= 15 is 0 Å². The van der Waals surface area contributed by atoms with Gasteiger partial charge in [0.1, 0.15) is 6.04 Å². The number of rotatable bonds is 7. The summed E-state index contributed by atoms with van der Waals surface area (Å²) in [7, 11) is 4.14. The summed E-state index contributed by atoms with van der Waals surface area (Å²) in [6.07, 6.45) is 6.01. The Hall–Kier alpha value is -3.66. The van der Waals surface area contributed by atoms with Crippen LogP contribution in [-0.4, -0.2) is 70.1 Å². The number of halogens is 1. The fraction of sp³-hybridized carbons (Fsp3) is 0.371. The summed E-state index contributed by atoms with van der Waals surface area (Å²) in [5, 5.41) is 7.14. The zero-order chi connectivity index (χ0) is 31.9. The van der Waals surface area contributed by atoms with Crippen LogP contribution in [-0.2, 0) is 14.8 Å². The van der Waals surface area contributed by atoms with Crippen molar-refractivity contribution in [2.24, 2.45) is 11.0 Å². The van der Waals surface area contributed by atoms with Gasteiger partial charge >= 0.3 is 0 Å². The molecule has 8 nitrogen and oxygen atoms in total. The first kappa shape index (κ1) is 31.3. The van der Waals surface area contributed by atoms with E-state index in [-0.39, 0.29) is 29.3 Å². The van der Waals surface area contributed by atoms with Crippen molar-refractivity contribution in [2.75, 3.05) is 44.5 Å². The lowest BCUT2D eigenvalue weighted by atomic mass is 9.77. The monoisotopic (exact) mass is 645 g/mol. The third-order valence-electron chi connectivity index (χ3n) is 9.14. The maximum atomic E-state index is 14.5. The first-order valence-electron chi connectivity index (χ1n) is 15.5. The Morgan fingerprint density at radius 3 is 2.11 bits per heavy atom. The molecule has 0 spiro atoms. The lowest BCUT2D eigenvalue weighted by Gasteiger charge is -2.32. The van der Waals surface area contributed by atoms with E-state index in [9.17, 15) is 13.2 Å². The Balaban J connectivity index is 1.38. The minimum Gasteiger partial charge on any atom is -0.378 e. The van der Waals surface area contributed by atoms with Crippen LogP contribution in [0.2, 0.25) is 5.02 Å². The minimum absolute atomic E-state index is 0.0166. The quantitative estimate of drug-likeness (QED) is 0.295. The van der Waals surface area contributed by atoms with E-state index in [4.69, 9.17) is 16.7 Å². The number of hydrazone groups is 1. The summed E-state index contributed by atoms with van der Waals surface area (Å²) in [6, 6.07) is 21.7. The number of fused-ring (bicyclic) bond motifs is 1. The number of sulfonamides is 1. The van der Waals surface area contributed by atoms with Crippen molar-refractivity contribution in [3.05, 3.63) is 94.5 Å². The van der Waals surface area contributed by atoms with Crippen molar-refractivity contribution < 1.29 is 13.2 Å². The van der Waals surface area contributed by atoms with Gasteiger partial charge in [0.05, 0.1) is 16.6 Å². The van der Waals surface area contributed by atoms with E-state index in [2.05, 4.69) is 59.5 Å². The zero-order valence-electron chi connectivity index (χ0n) is 26.2. The molecule has 0 aromatic heterocycles. The summed E-state index contributed by atoms with van der Waals surface area (Å²) in [5.41, 5.74) is 6.34. The van der Waals surface area contributed by atoms with Crippen molar-refractivity contribution in [2.45, 2.75) is 49.1 Å². The van der Waals surface area contributed by atoms with Crippen molar-refractivity contribution in [3.8, 4) is 0 Å². The Kier molecular flexibility index (Phi) is 8.78. The van der Waals surface area contributed by atoms with Crippen molar-refractivity contribution in [1.82, 2.24) is 9.31 Å². The van der Waals surface area contributed by atoms with Crippen LogP contribution < -0.4 is 9.80 Å². The molecule has 1 saturated carbocycles. The highest BCUT2D eigenvalue weighted by Crippen LogP contribution is 2.46. The molecule has 0 unspecified atom stereocenters. The molecule has 3 aromatic carbocycles. The molecule has 236 valence electrons. The van der Waals surface area contributed by atoms with Crippen LogP contribution >= 0.6 is 11.6 Å². The van der Waals surface area contributed by atoms with Gasteiger partial charge in [-0.05, 0) is 103 Å². The highest BCUT2D eigenvalue weighted by atomic mass is 35.5.